The molecule has 0 saturated heterocycles. The van der Waals surface area contributed by atoms with Crippen molar-refractivity contribution in [2.24, 2.45) is 0 Å². The van der Waals surface area contributed by atoms with E-state index >= 15 is 0 Å². The number of hydroxylamine groups is 10. The van der Waals surface area contributed by atoms with Crippen molar-refractivity contribution in [3.05, 3.63) is 38.2 Å². The third-order valence-corrected chi connectivity index (χ3v) is 6.34. The molecule has 0 aromatic carbocycles. The summed E-state index contributed by atoms with van der Waals surface area (Å²) in [5.41, 5.74) is 5.34. The summed E-state index contributed by atoms with van der Waals surface area (Å²) in [6, 6.07) is -0.378. The van der Waals surface area contributed by atoms with E-state index in [4.69, 9.17) is 19.6 Å². The van der Waals surface area contributed by atoms with E-state index in [2.05, 4.69) is 30.7 Å². The first-order valence-electron chi connectivity index (χ1n) is 12.2. The van der Waals surface area contributed by atoms with Gasteiger partial charge in [0, 0.05) is 36.3 Å². The highest BCUT2D eigenvalue weighted by Crippen LogP contribution is 2.32. The Kier molecular flexibility index (Phi) is 12.5. The molecule has 2 saturated carbocycles. The maximum absolute atomic E-state index is 11.7. The van der Waals surface area contributed by atoms with Crippen LogP contribution in [-0.4, -0.2) is 54.9 Å². The number of hydrogen-bond acceptors (Lipinski definition) is 12. The Bertz CT molecular complexity index is 650. The van der Waals surface area contributed by atoms with Crippen molar-refractivity contribution in [1.82, 2.24) is 26.9 Å². The topological polar surface area (TPSA) is 140 Å². The summed E-state index contributed by atoms with van der Waals surface area (Å²) in [4.78, 5) is 21.5. The molecule has 0 heterocycles. The molecule has 0 aromatic heterocycles. The Morgan fingerprint density at radius 1 is 1.03 bits per heavy atom. The molecule has 35 heavy (non-hydrogen) atoms. The lowest BCUT2D eigenvalue weighted by Gasteiger charge is -2.43. The van der Waals surface area contributed by atoms with Gasteiger partial charge in [0.2, 0.25) is 0 Å². The first-order chi connectivity index (χ1) is 16.9. The second-order valence-electron chi connectivity index (χ2n) is 9.06. The van der Waals surface area contributed by atoms with Gasteiger partial charge in [-0.15, -0.1) is 11.8 Å². The molecule has 0 aromatic rings. The lowest BCUT2D eigenvalue weighted by atomic mass is 9.95. The molecule has 2 unspecified atom stereocenters. The Hall–Kier alpha value is -1.62. The van der Waals surface area contributed by atoms with Crippen LogP contribution in [0.15, 0.2) is 38.2 Å². The van der Waals surface area contributed by atoms with Gasteiger partial charge in [0.25, 0.3) is 0 Å². The Labute approximate surface area is 207 Å². The summed E-state index contributed by atoms with van der Waals surface area (Å²) in [5, 5.41) is 32.7. The van der Waals surface area contributed by atoms with E-state index in [1.54, 1.807) is 18.6 Å². The van der Waals surface area contributed by atoms with Crippen LogP contribution in [0.3, 0.4) is 0 Å². The smallest absolute Gasteiger partial charge is 0.314 e. The van der Waals surface area contributed by atoms with Crippen molar-refractivity contribution in [2.75, 3.05) is 0 Å². The Morgan fingerprint density at radius 3 is 2.17 bits per heavy atom. The number of rotatable bonds is 17. The Balaban J connectivity index is 2.32. The Morgan fingerprint density at radius 2 is 1.66 bits per heavy atom. The summed E-state index contributed by atoms with van der Waals surface area (Å²) >= 11 is 0. The van der Waals surface area contributed by atoms with Crippen molar-refractivity contribution >= 4 is 0 Å². The lowest BCUT2D eigenvalue weighted by Crippen LogP contribution is -2.68. The predicted molar refractivity (Wildman–Crippen MR) is 124 cm³/mol. The van der Waals surface area contributed by atoms with Gasteiger partial charge in [0.1, 0.15) is 0 Å². The quantitative estimate of drug-likeness (QED) is 0.0750. The highest BCUT2D eigenvalue weighted by molar-refractivity contribution is 4.80. The van der Waals surface area contributed by atoms with Gasteiger partial charge in [-0.1, -0.05) is 44.9 Å². The minimum Gasteiger partial charge on any atom is -0.314 e. The molecule has 2 aliphatic rings. The van der Waals surface area contributed by atoms with E-state index in [9.17, 15) is 15.6 Å². The van der Waals surface area contributed by atoms with Crippen molar-refractivity contribution < 1.29 is 40.0 Å². The molecule has 0 spiro atoms. The molecule has 3 atom stereocenters. The van der Waals surface area contributed by atoms with Crippen LogP contribution in [0.25, 0.3) is 0 Å². The zero-order valence-electron chi connectivity index (χ0n) is 20.7. The fourth-order valence-electron chi connectivity index (χ4n) is 4.39. The van der Waals surface area contributed by atoms with E-state index in [1.165, 1.54) is 18.8 Å². The molecule has 2 rings (SSSR count). The predicted octanol–water partition coefficient (Wildman–Crippen LogP) is 3.43. The van der Waals surface area contributed by atoms with Crippen molar-refractivity contribution in [2.45, 2.75) is 102 Å². The molecule has 2 fully saturated rings. The summed E-state index contributed by atoms with van der Waals surface area (Å²) in [7, 11) is 0. The van der Waals surface area contributed by atoms with Crippen LogP contribution < -0.4 is 16.6 Å². The van der Waals surface area contributed by atoms with Crippen molar-refractivity contribution in [3.63, 3.8) is 0 Å². The molecular formula is C22H43N6O7+. The molecule has 0 amide bonds. The zero-order valence-corrected chi connectivity index (χ0v) is 20.7. The zero-order chi connectivity index (χ0) is 25.7. The van der Waals surface area contributed by atoms with Crippen LogP contribution in [0.1, 0.15) is 77.6 Å². The summed E-state index contributed by atoms with van der Waals surface area (Å²) in [6.07, 6.45) is 11.9. The van der Waals surface area contributed by atoms with Crippen LogP contribution in [0.5, 0.6) is 0 Å². The number of quaternary nitrogens is 1. The van der Waals surface area contributed by atoms with E-state index < -0.39 is 22.9 Å². The van der Waals surface area contributed by atoms with E-state index in [0.717, 1.165) is 55.2 Å². The maximum Gasteiger partial charge on any atom is 0.386 e. The van der Waals surface area contributed by atoms with Gasteiger partial charge < -0.3 is 5.21 Å². The monoisotopic (exact) mass is 503 g/mol. The summed E-state index contributed by atoms with van der Waals surface area (Å²) in [5.74, 6) is 0. The van der Waals surface area contributed by atoms with Crippen LogP contribution in [0.2, 0.25) is 0 Å². The molecule has 0 bridgehead atoms. The average Bonchev–Trinajstić information content (AvgIpc) is 2.89. The molecule has 13 heteroatoms. The van der Waals surface area contributed by atoms with Gasteiger partial charge in [-0.25, -0.2) is 4.84 Å². The number of nitrogens with one attached hydrogen (secondary N) is 3. The third kappa shape index (κ3) is 8.48. The van der Waals surface area contributed by atoms with E-state index in [-0.39, 0.29) is 12.5 Å². The minimum absolute atomic E-state index is 0.111. The summed E-state index contributed by atoms with van der Waals surface area (Å²) < 4.78 is 0. The maximum atomic E-state index is 11.7. The van der Waals surface area contributed by atoms with Crippen LogP contribution in [0, 0.1) is 0 Å². The fourth-order valence-corrected chi connectivity index (χ4v) is 4.39. The first-order valence-corrected chi connectivity index (χ1v) is 12.2. The average molecular weight is 504 g/mol. The minimum atomic E-state index is -1.49. The van der Waals surface area contributed by atoms with E-state index in [0.29, 0.717) is 12.8 Å². The highest BCUT2D eigenvalue weighted by Gasteiger charge is 2.54. The van der Waals surface area contributed by atoms with Gasteiger partial charge in [0.15, 0.2) is 11.8 Å². The largest absolute Gasteiger partial charge is 0.386 e. The number of nitrogens with zero attached hydrogens (tertiary/aromatic N) is 3. The first kappa shape index (κ1) is 29.6. The van der Waals surface area contributed by atoms with Crippen LogP contribution in [-0.2, 0) is 19.6 Å². The van der Waals surface area contributed by atoms with Gasteiger partial charge in [-0.05, 0) is 43.2 Å². The molecule has 0 aliphatic heterocycles. The van der Waals surface area contributed by atoms with Gasteiger partial charge in [-0.3, -0.25) is 5.21 Å². The number of hydrogen-bond donors (Lipinski definition) is 6. The molecular weight excluding hydrogens is 460 g/mol. The molecule has 202 valence electrons. The normalized spacial score (nSPS) is 21.9. The molecule has 2 aliphatic carbocycles. The fraction of sp³-hybridized carbons (Fsp3) is 0.727. The third-order valence-electron chi connectivity index (χ3n) is 6.34. The highest BCUT2D eigenvalue weighted by atomic mass is 17.1. The van der Waals surface area contributed by atoms with Crippen molar-refractivity contribution in [3.8, 4) is 0 Å². The summed E-state index contributed by atoms with van der Waals surface area (Å²) in [6.45, 7) is 12.7. The lowest BCUT2D eigenvalue weighted by molar-refractivity contribution is -1.30. The molecule has 0 radical (unpaired) electrons. The second kappa shape index (κ2) is 14.8. The SMILES string of the molecule is C=CCC(C)(NO)ON(C=C)O[C@H](N(C=C)ONC1CCCCC1)[N+](O)(ONO)C1CCCCC1. The van der Waals surface area contributed by atoms with Crippen LogP contribution in [0.4, 0.5) is 0 Å². The van der Waals surface area contributed by atoms with Crippen molar-refractivity contribution in [1.29, 1.82) is 0 Å². The van der Waals surface area contributed by atoms with Gasteiger partial charge in [0.05, 0.1) is 6.20 Å². The standard InChI is InChI=1S/C22H43N6O7/c1-5-18-22(4,24-29)33-27(7-3)32-21(26(6-2)34-23-19-14-10-8-11-15-19)28(31,35-25-30)20-16-12-9-13-17-20/h5-7,19-21,23-25,29-31H,1-3,8-18H2,4H3/q+1/t21-,22?,28?/m1/s1. The molecule has 13 nitrogen and oxygen atoms in total. The molecule has 6 N–H and O–H groups in total. The van der Waals surface area contributed by atoms with Crippen LogP contribution >= 0.6 is 0 Å². The van der Waals surface area contributed by atoms with E-state index in [1.807, 2.05) is 0 Å². The second-order valence-corrected chi connectivity index (χ2v) is 9.06. The van der Waals surface area contributed by atoms with Gasteiger partial charge in [-0.2, -0.15) is 31.0 Å². The van der Waals surface area contributed by atoms with Gasteiger partial charge >= 0.3 is 6.35 Å².